The van der Waals surface area contributed by atoms with Crippen molar-refractivity contribution < 1.29 is 23.8 Å². The van der Waals surface area contributed by atoms with E-state index in [-0.39, 0.29) is 17.8 Å². The fourth-order valence-electron chi connectivity index (χ4n) is 4.04. The van der Waals surface area contributed by atoms with Gasteiger partial charge in [-0.25, -0.2) is 9.18 Å². The normalized spacial score (nSPS) is 19.1. The van der Waals surface area contributed by atoms with Gasteiger partial charge in [0, 0.05) is 12.5 Å². The van der Waals surface area contributed by atoms with Gasteiger partial charge in [0.15, 0.2) is 0 Å². The molecule has 0 aliphatic carbocycles. The molecule has 0 saturated carbocycles. The molecule has 0 radical (unpaired) electrons. The van der Waals surface area contributed by atoms with Crippen molar-refractivity contribution in [2.75, 3.05) is 20.2 Å². The summed E-state index contributed by atoms with van der Waals surface area (Å²) in [4.78, 5) is 12.9. The minimum atomic E-state index is -0.944. The van der Waals surface area contributed by atoms with Gasteiger partial charge in [0.05, 0.1) is 26.4 Å². The van der Waals surface area contributed by atoms with Crippen molar-refractivity contribution in [1.82, 2.24) is 4.90 Å². The van der Waals surface area contributed by atoms with Gasteiger partial charge >= 0.3 is 6.09 Å². The summed E-state index contributed by atoms with van der Waals surface area (Å²) in [6.07, 6.45) is -0.604. The van der Waals surface area contributed by atoms with E-state index in [2.05, 4.69) is 6.07 Å². The summed E-state index contributed by atoms with van der Waals surface area (Å²) in [5, 5.41) is 11.6. The zero-order valence-corrected chi connectivity index (χ0v) is 16.8. The molecule has 0 bridgehead atoms. The van der Waals surface area contributed by atoms with Crippen molar-refractivity contribution in [3.8, 4) is 5.75 Å². The zero-order valence-electron chi connectivity index (χ0n) is 16.8. The van der Waals surface area contributed by atoms with Crippen LogP contribution >= 0.6 is 0 Å². The van der Waals surface area contributed by atoms with E-state index in [1.807, 2.05) is 30.3 Å². The standard InChI is InChI=1S/C24H24FNO4/c1-29-21-9-6-18-12-16(2-3-19(18)13-21)15-30-23-14-26(24(27)28)11-10-22(23)17-4-7-20(25)8-5-17/h2-9,12-13,22-23H,10-11,14-15H2,1H3,(H,27,28). The third-order valence-corrected chi connectivity index (χ3v) is 5.70. The third-order valence-electron chi connectivity index (χ3n) is 5.70. The molecule has 2 unspecified atom stereocenters. The van der Waals surface area contributed by atoms with E-state index in [1.54, 1.807) is 19.2 Å². The first kappa shape index (κ1) is 20.2. The Bertz CT molecular complexity index is 1040. The van der Waals surface area contributed by atoms with E-state index in [4.69, 9.17) is 9.47 Å². The number of ether oxygens (including phenoxy) is 2. The number of piperidine rings is 1. The highest BCUT2D eigenvalue weighted by atomic mass is 19.1. The molecular weight excluding hydrogens is 385 g/mol. The fraction of sp³-hybridized carbons (Fsp3) is 0.292. The quantitative estimate of drug-likeness (QED) is 0.641. The van der Waals surface area contributed by atoms with Gasteiger partial charge in [-0.05, 0) is 58.7 Å². The van der Waals surface area contributed by atoms with Crippen molar-refractivity contribution in [1.29, 1.82) is 0 Å². The summed E-state index contributed by atoms with van der Waals surface area (Å²) < 4.78 is 24.8. The first-order chi connectivity index (χ1) is 14.5. The Morgan fingerprint density at radius 3 is 2.57 bits per heavy atom. The summed E-state index contributed by atoms with van der Waals surface area (Å²) in [6.45, 7) is 1.11. The van der Waals surface area contributed by atoms with Crippen LogP contribution in [0.3, 0.4) is 0 Å². The summed E-state index contributed by atoms with van der Waals surface area (Å²) in [6, 6.07) is 18.4. The summed E-state index contributed by atoms with van der Waals surface area (Å²) >= 11 is 0. The molecule has 0 aromatic heterocycles. The Kier molecular flexibility index (Phi) is 5.86. The number of amides is 1. The Hall–Kier alpha value is -3.12. The molecule has 1 N–H and O–H groups in total. The topological polar surface area (TPSA) is 59.0 Å². The van der Waals surface area contributed by atoms with Gasteiger partial charge in [-0.2, -0.15) is 0 Å². The molecule has 6 heteroatoms. The largest absolute Gasteiger partial charge is 0.497 e. The van der Waals surface area contributed by atoms with E-state index in [0.29, 0.717) is 26.1 Å². The number of benzene rings is 3. The monoisotopic (exact) mass is 409 g/mol. The van der Waals surface area contributed by atoms with Crippen molar-refractivity contribution in [3.05, 3.63) is 77.6 Å². The van der Waals surface area contributed by atoms with E-state index < -0.39 is 6.09 Å². The van der Waals surface area contributed by atoms with Crippen LogP contribution in [0.1, 0.15) is 23.5 Å². The summed E-state index contributed by atoms with van der Waals surface area (Å²) in [7, 11) is 1.64. The molecule has 1 aliphatic heterocycles. The average molecular weight is 409 g/mol. The van der Waals surface area contributed by atoms with Crippen LogP contribution in [0.4, 0.5) is 9.18 Å². The lowest BCUT2D eigenvalue weighted by Gasteiger charge is -2.37. The number of nitrogens with zero attached hydrogens (tertiary/aromatic N) is 1. The molecule has 1 amide bonds. The van der Waals surface area contributed by atoms with Gasteiger partial charge in [0.25, 0.3) is 0 Å². The third kappa shape index (κ3) is 4.39. The number of hydrogen-bond acceptors (Lipinski definition) is 3. The van der Waals surface area contributed by atoms with Crippen LogP contribution < -0.4 is 4.74 Å². The highest BCUT2D eigenvalue weighted by Gasteiger charge is 2.33. The number of halogens is 1. The van der Waals surface area contributed by atoms with Crippen molar-refractivity contribution in [2.24, 2.45) is 0 Å². The Labute approximate surface area is 174 Å². The van der Waals surface area contributed by atoms with E-state index in [1.165, 1.54) is 17.0 Å². The van der Waals surface area contributed by atoms with Gasteiger partial charge in [-0.3, -0.25) is 0 Å². The molecule has 1 heterocycles. The van der Waals surface area contributed by atoms with Gasteiger partial charge in [-0.15, -0.1) is 0 Å². The number of fused-ring (bicyclic) bond motifs is 1. The molecule has 156 valence electrons. The molecule has 3 aromatic carbocycles. The molecule has 1 fully saturated rings. The number of carbonyl (C=O) groups is 1. The number of likely N-dealkylation sites (tertiary alicyclic amines) is 1. The SMILES string of the molecule is COc1ccc2cc(COC3CN(C(=O)O)CCC3c3ccc(F)cc3)ccc2c1. The molecule has 1 saturated heterocycles. The Morgan fingerprint density at radius 2 is 1.83 bits per heavy atom. The lowest BCUT2D eigenvalue weighted by molar-refractivity contribution is -0.0199. The van der Waals surface area contributed by atoms with E-state index >= 15 is 0 Å². The van der Waals surface area contributed by atoms with Crippen molar-refractivity contribution in [2.45, 2.75) is 25.0 Å². The number of rotatable bonds is 5. The first-order valence-corrected chi connectivity index (χ1v) is 9.95. The van der Waals surface area contributed by atoms with E-state index in [9.17, 15) is 14.3 Å². The number of hydrogen-bond donors (Lipinski definition) is 1. The summed E-state index contributed by atoms with van der Waals surface area (Å²) in [5.74, 6) is 0.544. The lowest BCUT2D eigenvalue weighted by Crippen LogP contribution is -2.46. The highest BCUT2D eigenvalue weighted by Crippen LogP contribution is 2.31. The Morgan fingerprint density at radius 1 is 1.10 bits per heavy atom. The molecule has 4 rings (SSSR count). The minimum absolute atomic E-state index is 0.0194. The zero-order chi connectivity index (χ0) is 21.1. The predicted octanol–water partition coefficient (Wildman–Crippen LogP) is 5.04. The lowest BCUT2D eigenvalue weighted by atomic mass is 9.87. The second-order valence-electron chi connectivity index (χ2n) is 7.57. The molecule has 5 nitrogen and oxygen atoms in total. The van der Waals surface area contributed by atoms with Crippen molar-refractivity contribution >= 4 is 16.9 Å². The molecule has 3 aromatic rings. The van der Waals surface area contributed by atoms with Crippen LogP contribution in [0.15, 0.2) is 60.7 Å². The van der Waals surface area contributed by atoms with Crippen LogP contribution in [0.25, 0.3) is 10.8 Å². The minimum Gasteiger partial charge on any atom is -0.497 e. The molecule has 30 heavy (non-hydrogen) atoms. The maximum absolute atomic E-state index is 13.3. The molecule has 0 spiro atoms. The second-order valence-corrected chi connectivity index (χ2v) is 7.57. The van der Waals surface area contributed by atoms with Crippen LogP contribution in [0, 0.1) is 5.82 Å². The van der Waals surface area contributed by atoms with Crippen molar-refractivity contribution in [3.63, 3.8) is 0 Å². The fourth-order valence-corrected chi connectivity index (χ4v) is 4.04. The van der Waals surface area contributed by atoms with Gasteiger partial charge < -0.3 is 19.5 Å². The van der Waals surface area contributed by atoms with Gasteiger partial charge in [-0.1, -0.05) is 30.3 Å². The maximum atomic E-state index is 13.3. The van der Waals surface area contributed by atoms with Crippen LogP contribution in [0.2, 0.25) is 0 Å². The number of methoxy groups -OCH3 is 1. The van der Waals surface area contributed by atoms with E-state index in [0.717, 1.165) is 27.6 Å². The number of carboxylic acid groups (broad SMARTS) is 1. The average Bonchev–Trinajstić information content (AvgIpc) is 2.77. The van der Waals surface area contributed by atoms with Gasteiger partial charge in [0.1, 0.15) is 11.6 Å². The van der Waals surface area contributed by atoms with Gasteiger partial charge in [0.2, 0.25) is 0 Å². The second kappa shape index (κ2) is 8.71. The predicted molar refractivity (Wildman–Crippen MR) is 112 cm³/mol. The Balaban J connectivity index is 1.52. The molecule has 2 atom stereocenters. The molecular formula is C24H24FNO4. The first-order valence-electron chi connectivity index (χ1n) is 9.95. The maximum Gasteiger partial charge on any atom is 0.407 e. The molecule has 1 aliphatic rings. The summed E-state index contributed by atoms with van der Waals surface area (Å²) in [5.41, 5.74) is 1.98. The smallest absolute Gasteiger partial charge is 0.407 e. The highest BCUT2D eigenvalue weighted by molar-refractivity contribution is 5.84. The van der Waals surface area contributed by atoms with Crippen LogP contribution in [0.5, 0.6) is 5.75 Å². The van der Waals surface area contributed by atoms with Crippen LogP contribution in [-0.4, -0.2) is 42.4 Å². The van der Waals surface area contributed by atoms with Crippen LogP contribution in [-0.2, 0) is 11.3 Å².